The molecule has 0 aliphatic rings. The third kappa shape index (κ3) is 12.4. The highest BCUT2D eigenvalue weighted by atomic mass is 14.5. The normalized spacial score (nSPS) is 13.3. The van der Waals surface area contributed by atoms with Gasteiger partial charge in [-0.3, -0.25) is 0 Å². The fourth-order valence-electron chi connectivity index (χ4n) is 7.70. The molecule has 4 aromatic rings. The maximum Gasteiger partial charge on any atom is 0.0314 e. The van der Waals surface area contributed by atoms with Crippen molar-refractivity contribution in [3.05, 3.63) is 130 Å². The topological polar surface area (TPSA) is 52.0 Å². The van der Waals surface area contributed by atoms with Crippen LogP contribution in [0, 0.1) is 0 Å². The number of nitrogens with two attached hydrogens (primary N) is 2. The average Bonchev–Trinajstić information content (AvgIpc) is 3.13. The first kappa shape index (κ1) is 38.3. The van der Waals surface area contributed by atoms with Gasteiger partial charge in [0.2, 0.25) is 0 Å². The molecule has 0 spiro atoms. The van der Waals surface area contributed by atoms with Gasteiger partial charge in [0, 0.05) is 29.1 Å². The Balaban J connectivity index is 1.45. The predicted molar refractivity (Wildman–Crippen MR) is 216 cm³/mol. The summed E-state index contributed by atoms with van der Waals surface area (Å²) in [7, 11) is 0. The van der Waals surface area contributed by atoms with Crippen LogP contribution in [0.2, 0.25) is 0 Å². The SMILES string of the molecule is CCCCCCCCCC(c1ccc(N)cc1)c1ccc(C(CC)c2ccc(C(CCCCCCCCC)c3ccc(N)cc3)cc2)cc1. The van der Waals surface area contributed by atoms with Crippen molar-refractivity contribution in [2.75, 3.05) is 11.5 Å². The predicted octanol–water partition coefficient (Wildman–Crippen LogP) is 13.9. The largest absolute Gasteiger partial charge is 0.399 e. The molecule has 0 saturated heterocycles. The molecular weight excluding hydrogens is 593 g/mol. The van der Waals surface area contributed by atoms with E-state index in [0.29, 0.717) is 17.8 Å². The molecule has 0 fully saturated rings. The summed E-state index contributed by atoms with van der Waals surface area (Å²) in [6.07, 6.45) is 22.2. The molecule has 2 heteroatoms. The molecule has 264 valence electrons. The van der Waals surface area contributed by atoms with E-state index in [9.17, 15) is 0 Å². The van der Waals surface area contributed by atoms with E-state index in [-0.39, 0.29) is 0 Å². The Morgan fingerprint density at radius 2 is 0.571 bits per heavy atom. The van der Waals surface area contributed by atoms with E-state index in [1.165, 1.54) is 136 Å². The number of anilines is 2. The number of hydrogen-bond acceptors (Lipinski definition) is 2. The molecule has 49 heavy (non-hydrogen) atoms. The Bertz CT molecular complexity index is 1310. The van der Waals surface area contributed by atoms with Crippen molar-refractivity contribution in [3.63, 3.8) is 0 Å². The Kier molecular flexibility index (Phi) is 16.8. The first-order valence-corrected chi connectivity index (χ1v) is 19.9. The minimum atomic E-state index is 0.388. The standard InChI is InChI=1S/C47H66N2/c1-4-7-9-11-13-15-17-19-46(41-29-33-43(48)34-30-41)39-25-21-37(22-26-39)45(6-3)38-23-27-40(28-24-38)47(42-31-35-44(49)36-32-42)20-18-16-14-12-10-8-5-2/h21-36,45-47H,4-20,48-49H2,1-3H3. The third-order valence-electron chi connectivity index (χ3n) is 10.8. The van der Waals surface area contributed by atoms with Gasteiger partial charge in [-0.05, 0) is 76.9 Å². The van der Waals surface area contributed by atoms with Crippen LogP contribution in [0.3, 0.4) is 0 Å². The second-order valence-electron chi connectivity index (χ2n) is 14.6. The minimum Gasteiger partial charge on any atom is -0.399 e. The van der Waals surface area contributed by atoms with E-state index in [1.807, 2.05) is 0 Å². The van der Waals surface area contributed by atoms with Crippen molar-refractivity contribution < 1.29 is 0 Å². The van der Waals surface area contributed by atoms with E-state index in [2.05, 4.69) is 118 Å². The second-order valence-corrected chi connectivity index (χ2v) is 14.6. The summed E-state index contributed by atoms with van der Waals surface area (Å²) in [5.41, 5.74) is 22.2. The molecular formula is C47H66N2. The summed E-state index contributed by atoms with van der Waals surface area (Å²) in [5.74, 6) is 1.21. The van der Waals surface area contributed by atoms with Gasteiger partial charge in [0.05, 0.1) is 0 Å². The lowest BCUT2D eigenvalue weighted by atomic mass is 9.82. The van der Waals surface area contributed by atoms with Crippen molar-refractivity contribution in [2.24, 2.45) is 0 Å². The van der Waals surface area contributed by atoms with Crippen molar-refractivity contribution in [3.8, 4) is 0 Å². The Hall–Kier alpha value is -3.52. The lowest BCUT2D eigenvalue weighted by molar-refractivity contribution is 0.558. The van der Waals surface area contributed by atoms with Gasteiger partial charge in [0.1, 0.15) is 0 Å². The lowest BCUT2D eigenvalue weighted by Crippen LogP contribution is -2.05. The molecule has 2 atom stereocenters. The average molecular weight is 659 g/mol. The van der Waals surface area contributed by atoms with Crippen molar-refractivity contribution in [2.45, 2.75) is 148 Å². The number of nitrogen functional groups attached to an aromatic ring is 2. The zero-order valence-electron chi connectivity index (χ0n) is 31.1. The van der Waals surface area contributed by atoms with Crippen LogP contribution in [0.1, 0.15) is 181 Å². The Labute approximate surface area is 300 Å². The van der Waals surface area contributed by atoms with Crippen LogP contribution >= 0.6 is 0 Å². The number of hydrogen-bond donors (Lipinski definition) is 2. The summed E-state index contributed by atoms with van der Waals surface area (Å²) in [4.78, 5) is 0. The molecule has 0 aromatic heterocycles. The molecule has 0 aliphatic heterocycles. The first-order valence-electron chi connectivity index (χ1n) is 19.9. The summed E-state index contributed by atoms with van der Waals surface area (Å²) in [6.45, 7) is 6.90. The molecule has 0 radical (unpaired) electrons. The minimum absolute atomic E-state index is 0.388. The Morgan fingerprint density at radius 3 is 0.857 bits per heavy atom. The Morgan fingerprint density at radius 1 is 0.327 bits per heavy atom. The molecule has 0 aliphatic carbocycles. The molecule has 2 unspecified atom stereocenters. The van der Waals surface area contributed by atoms with E-state index in [1.54, 1.807) is 0 Å². The van der Waals surface area contributed by atoms with Crippen molar-refractivity contribution in [1.29, 1.82) is 0 Å². The van der Waals surface area contributed by atoms with Gasteiger partial charge in [0.25, 0.3) is 0 Å². The number of benzene rings is 4. The van der Waals surface area contributed by atoms with Gasteiger partial charge < -0.3 is 11.5 Å². The van der Waals surface area contributed by atoms with Crippen LogP contribution in [0.4, 0.5) is 11.4 Å². The number of rotatable bonds is 23. The summed E-state index contributed by atoms with van der Waals surface area (Å²) >= 11 is 0. The molecule has 0 heterocycles. The van der Waals surface area contributed by atoms with Gasteiger partial charge in [-0.2, -0.15) is 0 Å². The highest BCUT2D eigenvalue weighted by Gasteiger charge is 2.19. The van der Waals surface area contributed by atoms with Gasteiger partial charge in [-0.15, -0.1) is 0 Å². The fraction of sp³-hybridized carbons (Fsp3) is 0.489. The van der Waals surface area contributed by atoms with Crippen LogP contribution in [0.25, 0.3) is 0 Å². The maximum atomic E-state index is 6.07. The summed E-state index contributed by atoms with van der Waals surface area (Å²) in [5, 5.41) is 0. The first-order chi connectivity index (χ1) is 24.0. The highest BCUT2D eigenvalue weighted by molar-refractivity contribution is 5.45. The number of unbranched alkanes of at least 4 members (excludes halogenated alkanes) is 12. The zero-order chi connectivity index (χ0) is 34.7. The van der Waals surface area contributed by atoms with Gasteiger partial charge in [-0.1, -0.05) is 183 Å². The smallest absolute Gasteiger partial charge is 0.0314 e. The van der Waals surface area contributed by atoms with Gasteiger partial charge >= 0.3 is 0 Å². The molecule has 4 N–H and O–H groups in total. The van der Waals surface area contributed by atoms with Crippen molar-refractivity contribution >= 4 is 11.4 Å². The van der Waals surface area contributed by atoms with Gasteiger partial charge in [-0.25, -0.2) is 0 Å². The summed E-state index contributed by atoms with van der Waals surface area (Å²) < 4.78 is 0. The quantitative estimate of drug-likeness (QED) is 0.0615. The molecule has 4 aromatic carbocycles. The molecule has 0 saturated carbocycles. The molecule has 2 nitrogen and oxygen atoms in total. The van der Waals surface area contributed by atoms with Crippen LogP contribution in [-0.4, -0.2) is 0 Å². The molecule has 0 bridgehead atoms. The lowest BCUT2D eigenvalue weighted by Gasteiger charge is -2.22. The fourth-order valence-corrected chi connectivity index (χ4v) is 7.70. The highest BCUT2D eigenvalue weighted by Crippen LogP contribution is 2.36. The van der Waals surface area contributed by atoms with Crippen LogP contribution in [-0.2, 0) is 0 Å². The monoisotopic (exact) mass is 659 g/mol. The maximum absolute atomic E-state index is 6.07. The van der Waals surface area contributed by atoms with Crippen LogP contribution in [0.5, 0.6) is 0 Å². The van der Waals surface area contributed by atoms with Crippen molar-refractivity contribution in [1.82, 2.24) is 0 Å². The zero-order valence-corrected chi connectivity index (χ0v) is 31.1. The van der Waals surface area contributed by atoms with Crippen LogP contribution in [0.15, 0.2) is 97.1 Å². The van der Waals surface area contributed by atoms with E-state index in [0.717, 1.165) is 17.8 Å². The third-order valence-corrected chi connectivity index (χ3v) is 10.8. The molecule has 4 rings (SSSR count). The van der Waals surface area contributed by atoms with E-state index >= 15 is 0 Å². The molecule has 0 amide bonds. The van der Waals surface area contributed by atoms with Crippen LogP contribution < -0.4 is 11.5 Å². The summed E-state index contributed by atoms with van der Waals surface area (Å²) in [6, 6.07) is 36.3. The second kappa shape index (κ2) is 21.5. The van der Waals surface area contributed by atoms with E-state index < -0.39 is 0 Å². The van der Waals surface area contributed by atoms with Gasteiger partial charge in [0.15, 0.2) is 0 Å². The van der Waals surface area contributed by atoms with E-state index in [4.69, 9.17) is 11.5 Å².